The van der Waals surface area contributed by atoms with Gasteiger partial charge in [0.25, 0.3) is 0 Å². The molecule has 0 fully saturated rings. The molecule has 0 heterocycles. The van der Waals surface area contributed by atoms with Gasteiger partial charge in [-0.1, -0.05) is 24.3 Å². The molecule has 5 nitrogen and oxygen atoms in total. The van der Waals surface area contributed by atoms with Crippen LogP contribution in [0.3, 0.4) is 0 Å². The summed E-state index contributed by atoms with van der Waals surface area (Å²) >= 11 is 0. The van der Waals surface area contributed by atoms with E-state index >= 15 is 0 Å². The lowest BCUT2D eigenvalue weighted by Crippen LogP contribution is -2.17. The molecule has 3 aromatic carbocycles. The highest BCUT2D eigenvalue weighted by molar-refractivity contribution is 6.04. The maximum absolute atomic E-state index is 12.5. The summed E-state index contributed by atoms with van der Waals surface area (Å²) in [6.45, 7) is 1.89. The number of aryl methyl sites for hydroxylation is 1. The highest BCUT2D eigenvalue weighted by atomic mass is 16.5. The number of ether oxygens (including phenoxy) is 2. The van der Waals surface area contributed by atoms with Gasteiger partial charge in [0.15, 0.2) is 0 Å². The Kier molecular flexibility index (Phi) is 5.29. The van der Waals surface area contributed by atoms with Gasteiger partial charge in [0, 0.05) is 0 Å². The molecule has 0 radical (unpaired) electrons. The van der Waals surface area contributed by atoms with Gasteiger partial charge in [-0.15, -0.1) is 0 Å². The SMILES string of the molecule is Cc1cccc(OC(=O)c2ccccc2C(=O)Oc2ccc(C#N)cc2)c1. The Morgan fingerprint density at radius 3 is 1.93 bits per heavy atom. The molecule has 0 spiro atoms. The Morgan fingerprint density at radius 1 is 0.778 bits per heavy atom. The van der Waals surface area contributed by atoms with Crippen molar-refractivity contribution >= 4 is 11.9 Å². The fourth-order valence-electron chi connectivity index (χ4n) is 2.44. The monoisotopic (exact) mass is 357 g/mol. The minimum Gasteiger partial charge on any atom is -0.423 e. The van der Waals surface area contributed by atoms with Crippen LogP contribution in [0, 0.1) is 18.3 Å². The average molecular weight is 357 g/mol. The standard InChI is InChI=1S/C22H15NO4/c1-15-5-4-6-18(13-15)27-22(25)20-8-3-2-7-19(20)21(24)26-17-11-9-16(14-23)10-12-17/h2-13H,1H3. The van der Waals surface area contributed by atoms with Gasteiger partial charge in [0.1, 0.15) is 11.5 Å². The summed E-state index contributed by atoms with van der Waals surface area (Å²) in [4.78, 5) is 25.0. The van der Waals surface area contributed by atoms with Gasteiger partial charge in [-0.05, 0) is 61.0 Å². The number of carbonyl (C=O) groups excluding carboxylic acids is 2. The van der Waals surface area contributed by atoms with Crippen LogP contribution in [0.4, 0.5) is 0 Å². The highest BCUT2D eigenvalue weighted by Crippen LogP contribution is 2.19. The molecule has 132 valence electrons. The van der Waals surface area contributed by atoms with Crippen molar-refractivity contribution in [3.8, 4) is 17.6 Å². The van der Waals surface area contributed by atoms with Crippen LogP contribution in [0.15, 0.2) is 72.8 Å². The van der Waals surface area contributed by atoms with Crippen molar-refractivity contribution in [3.63, 3.8) is 0 Å². The van der Waals surface area contributed by atoms with E-state index in [0.29, 0.717) is 11.3 Å². The largest absolute Gasteiger partial charge is 0.423 e. The van der Waals surface area contributed by atoms with Gasteiger partial charge in [-0.25, -0.2) is 9.59 Å². The van der Waals surface area contributed by atoms with Crippen LogP contribution in [0.1, 0.15) is 31.8 Å². The van der Waals surface area contributed by atoms with Crippen molar-refractivity contribution in [1.29, 1.82) is 5.26 Å². The first-order valence-electron chi connectivity index (χ1n) is 8.17. The molecule has 3 aromatic rings. The second-order valence-corrected chi connectivity index (χ2v) is 5.78. The first kappa shape index (κ1) is 17.9. The van der Waals surface area contributed by atoms with E-state index in [-0.39, 0.29) is 16.9 Å². The molecule has 0 saturated heterocycles. The third kappa shape index (κ3) is 4.39. The first-order chi connectivity index (χ1) is 13.1. The zero-order valence-electron chi connectivity index (χ0n) is 14.5. The number of esters is 2. The molecule has 0 N–H and O–H groups in total. The topological polar surface area (TPSA) is 76.4 Å². The number of nitrogens with zero attached hydrogens (tertiary/aromatic N) is 1. The van der Waals surface area contributed by atoms with Crippen LogP contribution < -0.4 is 9.47 Å². The number of hydrogen-bond acceptors (Lipinski definition) is 5. The second-order valence-electron chi connectivity index (χ2n) is 5.78. The molecule has 0 aromatic heterocycles. The minimum atomic E-state index is -0.684. The summed E-state index contributed by atoms with van der Waals surface area (Å²) in [7, 11) is 0. The van der Waals surface area contributed by atoms with Crippen molar-refractivity contribution in [3.05, 3.63) is 95.1 Å². The van der Waals surface area contributed by atoms with Crippen LogP contribution in [0.2, 0.25) is 0 Å². The molecule has 27 heavy (non-hydrogen) atoms. The van der Waals surface area contributed by atoms with Crippen LogP contribution in [0.25, 0.3) is 0 Å². The number of carbonyl (C=O) groups is 2. The van der Waals surface area contributed by atoms with Crippen LogP contribution >= 0.6 is 0 Å². The van der Waals surface area contributed by atoms with E-state index in [1.807, 2.05) is 19.1 Å². The number of hydrogen-bond donors (Lipinski definition) is 0. The van der Waals surface area contributed by atoms with Gasteiger partial charge in [0.05, 0.1) is 22.8 Å². The predicted octanol–water partition coefficient (Wildman–Crippen LogP) is 4.31. The van der Waals surface area contributed by atoms with E-state index in [2.05, 4.69) is 0 Å². The van der Waals surface area contributed by atoms with Gasteiger partial charge in [-0.2, -0.15) is 5.26 Å². The molecule has 0 saturated carbocycles. The molecule has 0 amide bonds. The summed E-state index contributed by atoms with van der Waals surface area (Å²) in [6, 6.07) is 21.5. The van der Waals surface area contributed by atoms with Crippen LogP contribution in [-0.2, 0) is 0 Å². The van der Waals surface area contributed by atoms with Crippen molar-refractivity contribution in [1.82, 2.24) is 0 Å². The Labute approximate surface area is 156 Å². The lowest BCUT2D eigenvalue weighted by Gasteiger charge is -2.10. The van der Waals surface area contributed by atoms with E-state index in [4.69, 9.17) is 14.7 Å². The molecular weight excluding hydrogens is 342 g/mol. The quantitative estimate of drug-likeness (QED) is 0.514. The zero-order valence-corrected chi connectivity index (χ0v) is 14.5. The molecule has 0 atom stereocenters. The van der Waals surface area contributed by atoms with Crippen LogP contribution in [-0.4, -0.2) is 11.9 Å². The summed E-state index contributed by atoms with van der Waals surface area (Å²) < 4.78 is 10.7. The van der Waals surface area contributed by atoms with Crippen LogP contribution in [0.5, 0.6) is 11.5 Å². The summed E-state index contributed by atoms with van der Waals surface area (Å²) in [6.07, 6.45) is 0. The maximum Gasteiger partial charge on any atom is 0.344 e. The van der Waals surface area contributed by atoms with Crippen molar-refractivity contribution in [2.45, 2.75) is 6.92 Å². The lowest BCUT2D eigenvalue weighted by atomic mass is 10.1. The maximum atomic E-state index is 12.5. The predicted molar refractivity (Wildman–Crippen MR) is 98.7 cm³/mol. The molecule has 0 aliphatic carbocycles. The van der Waals surface area contributed by atoms with E-state index in [9.17, 15) is 9.59 Å². The Hall–Kier alpha value is -3.91. The van der Waals surface area contributed by atoms with Gasteiger partial charge in [0.2, 0.25) is 0 Å². The van der Waals surface area contributed by atoms with Crippen molar-refractivity contribution in [2.24, 2.45) is 0 Å². The molecule has 5 heteroatoms. The fraction of sp³-hybridized carbons (Fsp3) is 0.0455. The third-order valence-electron chi connectivity index (χ3n) is 3.76. The molecule has 0 bridgehead atoms. The molecule has 0 aliphatic heterocycles. The van der Waals surface area contributed by atoms with Gasteiger partial charge >= 0.3 is 11.9 Å². The summed E-state index contributed by atoms with van der Waals surface area (Å²) in [5.41, 5.74) is 1.61. The molecule has 0 aliphatic rings. The average Bonchev–Trinajstić information content (AvgIpc) is 2.68. The second kappa shape index (κ2) is 7.98. The highest BCUT2D eigenvalue weighted by Gasteiger charge is 2.20. The van der Waals surface area contributed by atoms with Crippen molar-refractivity contribution < 1.29 is 19.1 Å². The number of rotatable bonds is 4. The van der Waals surface area contributed by atoms with Gasteiger partial charge < -0.3 is 9.47 Å². The van der Waals surface area contributed by atoms with E-state index in [1.165, 1.54) is 24.3 Å². The number of nitriles is 1. The van der Waals surface area contributed by atoms with E-state index in [0.717, 1.165) is 5.56 Å². The normalized spacial score (nSPS) is 9.93. The van der Waals surface area contributed by atoms with Gasteiger partial charge in [-0.3, -0.25) is 0 Å². The number of benzene rings is 3. The lowest BCUT2D eigenvalue weighted by molar-refractivity contribution is 0.0692. The summed E-state index contributed by atoms with van der Waals surface area (Å²) in [5, 5.41) is 8.81. The fourth-order valence-corrected chi connectivity index (χ4v) is 2.44. The van der Waals surface area contributed by atoms with E-state index in [1.54, 1.807) is 42.5 Å². The Morgan fingerprint density at radius 2 is 1.37 bits per heavy atom. The zero-order chi connectivity index (χ0) is 19.2. The minimum absolute atomic E-state index is 0.0968. The third-order valence-corrected chi connectivity index (χ3v) is 3.76. The molecule has 3 rings (SSSR count). The summed E-state index contributed by atoms with van der Waals surface area (Å²) in [5.74, 6) is -0.652. The van der Waals surface area contributed by atoms with Crippen molar-refractivity contribution in [2.75, 3.05) is 0 Å². The molecular formula is C22H15NO4. The Bertz CT molecular complexity index is 1030. The molecule has 0 unspecified atom stereocenters. The Balaban J connectivity index is 1.81. The first-order valence-corrected chi connectivity index (χ1v) is 8.17. The smallest absolute Gasteiger partial charge is 0.344 e. The van der Waals surface area contributed by atoms with E-state index < -0.39 is 11.9 Å².